The van der Waals surface area contributed by atoms with E-state index in [0.29, 0.717) is 19.7 Å². The van der Waals surface area contributed by atoms with E-state index >= 15 is 0 Å². The number of carbonyl (C=O) groups excluding carboxylic acids is 1. The Morgan fingerprint density at radius 2 is 2.07 bits per heavy atom. The third-order valence-corrected chi connectivity index (χ3v) is 7.04. The Morgan fingerprint density at radius 3 is 2.86 bits per heavy atom. The zero-order valence-corrected chi connectivity index (χ0v) is 18.2. The van der Waals surface area contributed by atoms with Crippen LogP contribution in [-0.4, -0.2) is 48.5 Å². The Morgan fingerprint density at radius 1 is 1.28 bits per heavy atom. The van der Waals surface area contributed by atoms with Crippen molar-refractivity contribution in [2.45, 2.75) is 31.7 Å². The molecule has 4 nitrogen and oxygen atoms in total. The monoisotopic (exact) mass is 430 g/mol. The largest absolute Gasteiger partial charge is 0.493 e. The van der Waals surface area contributed by atoms with Gasteiger partial charge in [-0.1, -0.05) is 36.4 Å². The number of ether oxygens (including phenoxy) is 1. The van der Waals surface area contributed by atoms with Gasteiger partial charge in [-0.25, -0.2) is 0 Å². The number of para-hydroxylation sites is 1. The van der Waals surface area contributed by atoms with Crippen molar-refractivity contribution in [3.8, 4) is 5.75 Å². The van der Waals surface area contributed by atoms with E-state index in [1.165, 1.54) is 37.6 Å². The van der Waals surface area contributed by atoms with E-state index in [1.54, 1.807) is 11.3 Å². The third kappa shape index (κ3) is 4.68. The van der Waals surface area contributed by atoms with E-state index in [9.17, 15) is 4.79 Å². The van der Waals surface area contributed by atoms with Crippen LogP contribution in [0.2, 0.25) is 4.34 Å². The second-order valence-electron chi connectivity index (χ2n) is 7.69. The lowest BCUT2D eigenvalue weighted by atomic mass is 9.88. The summed E-state index contributed by atoms with van der Waals surface area (Å²) in [6.07, 6.45) is 5.04. The van der Waals surface area contributed by atoms with Crippen LogP contribution in [-0.2, 0) is 11.3 Å². The molecule has 0 spiro atoms. The predicted molar refractivity (Wildman–Crippen MR) is 119 cm³/mol. The van der Waals surface area contributed by atoms with Crippen molar-refractivity contribution in [1.29, 1.82) is 0 Å². The van der Waals surface area contributed by atoms with Gasteiger partial charge in [0, 0.05) is 29.4 Å². The first-order valence-electron chi connectivity index (χ1n) is 10.3. The Labute approximate surface area is 181 Å². The molecule has 3 heterocycles. The maximum atomic E-state index is 12.3. The van der Waals surface area contributed by atoms with Crippen LogP contribution < -0.4 is 4.74 Å². The minimum Gasteiger partial charge on any atom is -0.493 e. The standard InChI is InChI=1S/C23H27ClN2O2S/c1-2-23(27)26-15-19(18-14-22(24)29-21(18)16-26)17-8-3-4-9-20(17)28-13-7-12-25-10-5-6-11-25/h2-4,8-9,14,19H,1,5-7,10-13,15-16H2/t19-/m0/s1. The molecule has 0 saturated carbocycles. The highest BCUT2D eigenvalue weighted by atomic mass is 35.5. The lowest BCUT2D eigenvalue weighted by Crippen LogP contribution is -2.37. The number of hydrogen-bond acceptors (Lipinski definition) is 4. The fourth-order valence-electron chi connectivity index (χ4n) is 4.32. The van der Waals surface area contributed by atoms with Gasteiger partial charge in [-0.15, -0.1) is 11.3 Å². The molecule has 1 saturated heterocycles. The first-order valence-corrected chi connectivity index (χ1v) is 11.5. The number of hydrogen-bond donors (Lipinski definition) is 0. The zero-order chi connectivity index (χ0) is 20.2. The van der Waals surface area contributed by atoms with Gasteiger partial charge in [-0.2, -0.15) is 0 Å². The normalized spacial score (nSPS) is 19.2. The van der Waals surface area contributed by atoms with Crippen molar-refractivity contribution >= 4 is 28.8 Å². The summed E-state index contributed by atoms with van der Waals surface area (Å²) in [5, 5.41) is 0. The van der Waals surface area contributed by atoms with Crippen molar-refractivity contribution in [3.05, 3.63) is 63.3 Å². The van der Waals surface area contributed by atoms with Gasteiger partial charge in [0.05, 0.1) is 17.5 Å². The average Bonchev–Trinajstić information content (AvgIpc) is 3.38. The molecule has 0 bridgehead atoms. The summed E-state index contributed by atoms with van der Waals surface area (Å²) in [4.78, 5) is 17.8. The molecule has 2 aromatic rings. The number of rotatable bonds is 7. The molecule has 0 N–H and O–H groups in total. The highest BCUT2D eigenvalue weighted by Gasteiger charge is 2.31. The molecule has 154 valence electrons. The summed E-state index contributed by atoms with van der Waals surface area (Å²) in [7, 11) is 0. The highest BCUT2D eigenvalue weighted by Crippen LogP contribution is 2.42. The van der Waals surface area contributed by atoms with E-state index in [4.69, 9.17) is 16.3 Å². The summed E-state index contributed by atoms with van der Waals surface area (Å²) in [6.45, 7) is 9.08. The van der Waals surface area contributed by atoms with Gasteiger partial charge in [0.25, 0.3) is 0 Å². The number of fused-ring (bicyclic) bond motifs is 1. The molecule has 1 aromatic heterocycles. The average molecular weight is 431 g/mol. The minimum absolute atomic E-state index is 0.0471. The number of likely N-dealkylation sites (tertiary alicyclic amines) is 1. The number of benzene rings is 1. The predicted octanol–water partition coefficient (Wildman–Crippen LogP) is 4.93. The number of halogens is 1. The lowest BCUT2D eigenvalue weighted by molar-refractivity contribution is -0.127. The topological polar surface area (TPSA) is 32.8 Å². The minimum atomic E-state index is -0.0471. The SMILES string of the molecule is C=CC(=O)N1Cc2sc(Cl)cc2[C@H](c2ccccc2OCCCN2CCCC2)C1. The van der Waals surface area contributed by atoms with Crippen molar-refractivity contribution in [2.24, 2.45) is 0 Å². The van der Waals surface area contributed by atoms with Crippen LogP contribution in [0.1, 0.15) is 41.2 Å². The van der Waals surface area contributed by atoms with Crippen LogP contribution in [0.3, 0.4) is 0 Å². The summed E-state index contributed by atoms with van der Waals surface area (Å²) in [5.41, 5.74) is 2.33. The number of nitrogens with zero attached hydrogens (tertiary/aromatic N) is 2. The molecule has 2 aliphatic rings. The van der Waals surface area contributed by atoms with Gasteiger partial charge in [-0.05, 0) is 56.1 Å². The smallest absolute Gasteiger partial charge is 0.246 e. The van der Waals surface area contributed by atoms with E-state index in [2.05, 4.69) is 17.5 Å². The zero-order valence-electron chi connectivity index (χ0n) is 16.6. The Kier molecular flexibility index (Phi) is 6.58. The van der Waals surface area contributed by atoms with E-state index in [0.717, 1.165) is 33.5 Å². The molecular formula is C23H27ClN2O2S. The number of thiophene rings is 1. The molecule has 6 heteroatoms. The summed E-state index contributed by atoms with van der Waals surface area (Å²) < 4.78 is 6.98. The molecule has 29 heavy (non-hydrogen) atoms. The Bertz CT molecular complexity index is 876. The molecule has 1 fully saturated rings. The number of amides is 1. The second-order valence-corrected chi connectivity index (χ2v) is 9.46. The molecule has 1 aromatic carbocycles. The van der Waals surface area contributed by atoms with E-state index < -0.39 is 0 Å². The third-order valence-electron chi connectivity index (χ3n) is 5.78. The molecule has 4 rings (SSSR count). The molecule has 1 atom stereocenters. The van der Waals surface area contributed by atoms with Crippen LogP contribution in [0.5, 0.6) is 5.75 Å². The van der Waals surface area contributed by atoms with Crippen molar-refractivity contribution < 1.29 is 9.53 Å². The molecule has 0 unspecified atom stereocenters. The summed E-state index contributed by atoms with van der Waals surface area (Å²) in [5.74, 6) is 0.912. The van der Waals surface area contributed by atoms with Crippen LogP contribution in [0, 0.1) is 0 Å². The first kappa shape index (κ1) is 20.5. The van der Waals surface area contributed by atoms with Gasteiger partial charge in [0.2, 0.25) is 5.91 Å². The Hall–Kier alpha value is -1.82. The quantitative estimate of drug-likeness (QED) is 0.461. The fraction of sp³-hybridized carbons (Fsp3) is 0.435. The highest BCUT2D eigenvalue weighted by molar-refractivity contribution is 7.16. The first-order chi connectivity index (χ1) is 14.2. The molecule has 0 radical (unpaired) electrons. The van der Waals surface area contributed by atoms with Crippen molar-refractivity contribution in [1.82, 2.24) is 9.80 Å². The van der Waals surface area contributed by atoms with Crippen molar-refractivity contribution in [2.75, 3.05) is 32.8 Å². The van der Waals surface area contributed by atoms with Crippen LogP contribution >= 0.6 is 22.9 Å². The van der Waals surface area contributed by atoms with Gasteiger partial charge < -0.3 is 14.5 Å². The van der Waals surface area contributed by atoms with Gasteiger partial charge in [0.1, 0.15) is 5.75 Å². The number of carbonyl (C=O) groups is 1. The van der Waals surface area contributed by atoms with Gasteiger partial charge in [-0.3, -0.25) is 4.79 Å². The summed E-state index contributed by atoms with van der Waals surface area (Å²) in [6, 6.07) is 10.2. The van der Waals surface area contributed by atoms with Crippen LogP contribution in [0.4, 0.5) is 0 Å². The maximum absolute atomic E-state index is 12.3. The molecular weight excluding hydrogens is 404 g/mol. The van der Waals surface area contributed by atoms with Gasteiger partial charge >= 0.3 is 0 Å². The summed E-state index contributed by atoms with van der Waals surface area (Å²) >= 11 is 7.88. The molecule has 0 aliphatic carbocycles. The fourth-order valence-corrected chi connectivity index (χ4v) is 5.68. The van der Waals surface area contributed by atoms with Gasteiger partial charge in [0.15, 0.2) is 0 Å². The van der Waals surface area contributed by atoms with Crippen molar-refractivity contribution in [3.63, 3.8) is 0 Å². The van der Waals surface area contributed by atoms with E-state index in [1.807, 2.05) is 29.2 Å². The second kappa shape index (κ2) is 9.33. The van der Waals surface area contributed by atoms with Crippen LogP contribution in [0.25, 0.3) is 0 Å². The molecule has 1 amide bonds. The van der Waals surface area contributed by atoms with E-state index in [-0.39, 0.29) is 11.8 Å². The molecule has 2 aliphatic heterocycles. The van der Waals surface area contributed by atoms with Crippen LogP contribution in [0.15, 0.2) is 43.0 Å². The maximum Gasteiger partial charge on any atom is 0.246 e. The lowest BCUT2D eigenvalue weighted by Gasteiger charge is -2.33. The Balaban J connectivity index is 1.52.